The molecule has 2 rings (SSSR count). The fourth-order valence-electron chi connectivity index (χ4n) is 1.52. The van der Waals surface area contributed by atoms with Gasteiger partial charge < -0.3 is 4.74 Å². The van der Waals surface area contributed by atoms with Gasteiger partial charge in [0, 0.05) is 11.5 Å². The van der Waals surface area contributed by atoms with Crippen molar-refractivity contribution in [1.82, 2.24) is 14.8 Å². The van der Waals surface area contributed by atoms with Gasteiger partial charge in [-0.25, -0.2) is 9.67 Å². The van der Waals surface area contributed by atoms with E-state index in [1.54, 1.807) is 24.2 Å². The number of hydrogen-bond donors (Lipinski definition) is 0. The van der Waals surface area contributed by atoms with E-state index in [-0.39, 0.29) is 5.41 Å². The van der Waals surface area contributed by atoms with E-state index in [4.69, 9.17) is 16.3 Å². The van der Waals surface area contributed by atoms with Crippen molar-refractivity contribution < 1.29 is 4.74 Å². The third kappa shape index (κ3) is 2.48. The minimum atomic E-state index is -0.0792. The van der Waals surface area contributed by atoms with Crippen LogP contribution in [0.25, 0.3) is 5.69 Å². The zero-order chi connectivity index (χ0) is 13.3. The number of halogens is 1. The number of hydrogen-bond acceptors (Lipinski definition) is 3. The maximum atomic E-state index is 6.20. The molecule has 96 valence electrons. The Morgan fingerprint density at radius 1 is 1.28 bits per heavy atom. The van der Waals surface area contributed by atoms with E-state index in [1.807, 2.05) is 12.1 Å². The average molecular weight is 266 g/mol. The highest BCUT2D eigenvalue weighted by molar-refractivity contribution is 6.32. The molecule has 0 aliphatic rings. The van der Waals surface area contributed by atoms with Crippen molar-refractivity contribution in [3.63, 3.8) is 0 Å². The molecule has 18 heavy (non-hydrogen) atoms. The van der Waals surface area contributed by atoms with Gasteiger partial charge in [-0.2, -0.15) is 5.10 Å². The first-order valence-corrected chi connectivity index (χ1v) is 6.05. The zero-order valence-electron chi connectivity index (χ0n) is 10.9. The SMILES string of the molecule is COc1ccc(-n2cnc(C(C)(C)C)n2)c(Cl)c1. The van der Waals surface area contributed by atoms with Crippen molar-refractivity contribution in [1.29, 1.82) is 0 Å². The average Bonchev–Trinajstić information content (AvgIpc) is 2.77. The Morgan fingerprint density at radius 2 is 2.00 bits per heavy atom. The molecule has 0 bridgehead atoms. The Morgan fingerprint density at radius 3 is 2.50 bits per heavy atom. The van der Waals surface area contributed by atoms with Crippen molar-refractivity contribution in [2.24, 2.45) is 0 Å². The lowest BCUT2D eigenvalue weighted by molar-refractivity contribution is 0.414. The third-order valence-electron chi connectivity index (χ3n) is 2.56. The van der Waals surface area contributed by atoms with E-state index in [0.717, 1.165) is 17.3 Å². The first-order valence-electron chi connectivity index (χ1n) is 5.68. The summed E-state index contributed by atoms with van der Waals surface area (Å²) in [5, 5.41) is 5.03. The number of rotatable bonds is 2. The van der Waals surface area contributed by atoms with Crippen molar-refractivity contribution >= 4 is 11.6 Å². The monoisotopic (exact) mass is 265 g/mol. The van der Waals surface area contributed by atoms with E-state index < -0.39 is 0 Å². The van der Waals surface area contributed by atoms with Crippen LogP contribution in [0.4, 0.5) is 0 Å². The smallest absolute Gasteiger partial charge is 0.156 e. The summed E-state index contributed by atoms with van der Waals surface area (Å²) in [6.07, 6.45) is 1.67. The van der Waals surface area contributed by atoms with E-state index in [0.29, 0.717) is 5.02 Å². The summed E-state index contributed by atoms with van der Waals surface area (Å²) in [6, 6.07) is 5.47. The molecule has 5 heteroatoms. The molecule has 0 N–H and O–H groups in total. The van der Waals surface area contributed by atoms with Crippen molar-refractivity contribution in [3.8, 4) is 11.4 Å². The van der Waals surface area contributed by atoms with Crippen molar-refractivity contribution in [3.05, 3.63) is 35.4 Å². The fourth-order valence-corrected chi connectivity index (χ4v) is 1.78. The van der Waals surface area contributed by atoms with Crippen LogP contribution < -0.4 is 4.74 Å². The molecule has 0 spiro atoms. The van der Waals surface area contributed by atoms with Crippen LogP contribution in [0, 0.1) is 0 Å². The maximum Gasteiger partial charge on any atom is 0.156 e. The summed E-state index contributed by atoms with van der Waals surface area (Å²) >= 11 is 6.20. The first kappa shape index (κ1) is 12.9. The van der Waals surface area contributed by atoms with E-state index >= 15 is 0 Å². The number of methoxy groups -OCH3 is 1. The Kier molecular flexibility index (Phi) is 3.30. The van der Waals surface area contributed by atoms with Crippen LogP contribution >= 0.6 is 11.6 Å². The molecule has 0 aliphatic heterocycles. The predicted octanol–water partition coefficient (Wildman–Crippen LogP) is 3.23. The van der Waals surface area contributed by atoms with Crippen molar-refractivity contribution in [2.75, 3.05) is 7.11 Å². The van der Waals surface area contributed by atoms with Gasteiger partial charge >= 0.3 is 0 Å². The van der Waals surface area contributed by atoms with E-state index in [9.17, 15) is 0 Å². The number of nitrogens with zero attached hydrogens (tertiary/aromatic N) is 3. The molecule has 4 nitrogen and oxygen atoms in total. The second-order valence-corrected chi connectivity index (χ2v) is 5.49. The van der Waals surface area contributed by atoms with Crippen molar-refractivity contribution in [2.45, 2.75) is 26.2 Å². The van der Waals surface area contributed by atoms with Crippen LogP contribution in [0.15, 0.2) is 24.5 Å². The number of aromatic nitrogens is 3. The lowest BCUT2D eigenvalue weighted by Gasteiger charge is -2.12. The summed E-state index contributed by atoms with van der Waals surface area (Å²) in [6.45, 7) is 6.22. The predicted molar refractivity (Wildman–Crippen MR) is 71.6 cm³/mol. The molecule has 0 atom stereocenters. The van der Waals surface area contributed by atoms with Gasteiger partial charge in [-0.1, -0.05) is 32.4 Å². The number of ether oxygens (including phenoxy) is 1. The molecule has 1 heterocycles. The Labute approximate surface area is 112 Å². The Bertz CT molecular complexity index is 558. The number of benzene rings is 1. The maximum absolute atomic E-state index is 6.20. The van der Waals surface area contributed by atoms with Crippen LogP contribution in [-0.4, -0.2) is 21.9 Å². The van der Waals surface area contributed by atoms with E-state index in [1.165, 1.54) is 0 Å². The summed E-state index contributed by atoms with van der Waals surface area (Å²) in [7, 11) is 1.61. The van der Waals surface area contributed by atoms with Crippen LogP contribution in [0.3, 0.4) is 0 Å². The zero-order valence-corrected chi connectivity index (χ0v) is 11.7. The highest BCUT2D eigenvalue weighted by Gasteiger charge is 2.19. The lowest BCUT2D eigenvalue weighted by Crippen LogP contribution is -2.14. The first-order chi connectivity index (χ1) is 8.41. The van der Waals surface area contributed by atoms with Gasteiger partial charge in [-0.3, -0.25) is 0 Å². The normalized spacial score (nSPS) is 11.6. The standard InChI is InChI=1S/C13H16ClN3O/c1-13(2,3)12-15-8-17(16-12)11-6-5-9(18-4)7-10(11)14/h5-8H,1-4H3. The Balaban J connectivity index is 2.40. The van der Waals surface area contributed by atoms with Crippen LogP contribution in [0.5, 0.6) is 5.75 Å². The molecule has 0 amide bonds. The molecule has 1 aromatic heterocycles. The van der Waals surface area contributed by atoms with Gasteiger partial charge in [-0.05, 0) is 12.1 Å². The highest BCUT2D eigenvalue weighted by atomic mass is 35.5. The molecular weight excluding hydrogens is 250 g/mol. The Hall–Kier alpha value is -1.55. The second-order valence-electron chi connectivity index (χ2n) is 5.08. The molecule has 0 unspecified atom stereocenters. The van der Waals surface area contributed by atoms with Gasteiger partial charge in [0.05, 0.1) is 17.8 Å². The second kappa shape index (κ2) is 4.61. The molecular formula is C13H16ClN3O. The molecule has 1 aromatic carbocycles. The summed E-state index contributed by atoms with van der Waals surface area (Å²) < 4.78 is 6.80. The summed E-state index contributed by atoms with van der Waals surface area (Å²) in [4.78, 5) is 4.31. The van der Waals surface area contributed by atoms with Gasteiger partial charge in [0.25, 0.3) is 0 Å². The molecule has 2 aromatic rings. The topological polar surface area (TPSA) is 39.9 Å². The summed E-state index contributed by atoms with van der Waals surface area (Å²) in [5.41, 5.74) is 0.713. The van der Waals surface area contributed by atoms with Gasteiger partial charge in [0.2, 0.25) is 0 Å². The minimum Gasteiger partial charge on any atom is -0.497 e. The fraction of sp³-hybridized carbons (Fsp3) is 0.385. The molecule has 0 fully saturated rings. The van der Waals surface area contributed by atoms with Gasteiger partial charge in [0.1, 0.15) is 12.1 Å². The van der Waals surface area contributed by atoms with Crippen LogP contribution in [0.2, 0.25) is 5.02 Å². The minimum absolute atomic E-state index is 0.0792. The quantitative estimate of drug-likeness (QED) is 0.837. The van der Waals surface area contributed by atoms with Gasteiger partial charge in [-0.15, -0.1) is 0 Å². The molecule has 0 aliphatic carbocycles. The molecule has 0 radical (unpaired) electrons. The van der Waals surface area contributed by atoms with Crippen LogP contribution in [0.1, 0.15) is 26.6 Å². The largest absolute Gasteiger partial charge is 0.497 e. The van der Waals surface area contributed by atoms with Gasteiger partial charge in [0.15, 0.2) is 5.82 Å². The third-order valence-corrected chi connectivity index (χ3v) is 2.87. The molecule has 0 saturated heterocycles. The molecule has 0 saturated carbocycles. The van der Waals surface area contributed by atoms with E-state index in [2.05, 4.69) is 30.9 Å². The summed E-state index contributed by atoms with van der Waals surface area (Å²) in [5.74, 6) is 1.51. The lowest BCUT2D eigenvalue weighted by atomic mass is 9.96. The van der Waals surface area contributed by atoms with Crippen LogP contribution in [-0.2, 0) is 5.41 Å². The highest BCUT2D eigenvalue weighted by Crippen LogP contribution is 2.26.